The topological polar surface area (TPSA) is 55.1 Å². The third-order valence-electron chi connectivity index (χ3n) is 3.07. The normalized spacial score (nSPS) is 10.3. The van der Waals surface area contributed by atoms with Gasteiger partial charge in [-0.2, -0.15) is 0 Å². The second-order valence-corrected chi connectivity index (χ2v) is 4.88. The molecule has 2 aromatic carbocycles. The van der Waals surface area contributed by atoms with Gasteiger partial charge in [0.1, 0.15) is 0 Å². The molecule has 0 spiro atoms. The van der Waals surface area contributed by atoms with Crippen LogP contribution >= 0.6 is 11.6 Å². The minimum atomic E-state index is -0.103. The Labute approximate surface area is 123 Å². The smallest absolute Gasteiger partial charge is 0.251 e. The highest BCUT2D eigenvalue weighted by molar-refractivity contribution is 6.31. The van der Waals surface area contributed by atoms with Gasteiger partial charge in [0, 0.05) is 17.1 Å². The van der Waals surface area contributed by atoms with Crippen molar-refractivity contribution in [2.24, 2.45) is 5.73 Å². The lowest BCUT2D eigenvalue weighted by Crippen LogP contribution is -2.24. The molecule has 0 aliphatic heterocycles. The van der Waals surface area contributed by atoms with E-state index < -0.39 is 0 Å². The zero-order chi connectivity index (χ0) is 14.4. The van der Waals surface area contributed by atoms with Crippen molar-refractivity contribution >= 4 is 17.5 Å². The fourth-order valence-corrected chi connectivity index (χ4v) is 2.23. The van der Waals surface area contributed by atoms with Crippen LogP contribution in [0.1, 0.15) is 21.5 Å². The average molecular weight is 289 g/mol. The van der Waals surface area contributed by atoms with Crippen LogP contribution in [0.3, 0.4) is 0 Å². The standard InChI is InChI=1S/C16H17ClN2O/c17-15-8-4-2-6-13(15)11-19-16(20)14-7-3-1-5-12(14)9-10-18/h1-8H,9-11,18H2,(H,19,20). The first-order chi connectivity index (χ1) is 9.72. The second-order valence-electron chi connectivity index (χ2n) is 4.47. The SMILES string of the molecule is NCCc1ccccc1C(=O)NCc1ccccc1Cl. The molecule has 0 atom stereocenters. The summed E-state index contributed by atoms with van der Waals surface area (Å²) in [5, 5.41) is 3.55. The van der Waals surface area contributed by atoms with E-state index in [1.54, 1.807) is 0 Å². The third-order valence-corrected chi connectivity index (χ3v) is 3.44. The van der Waals surface area contributed by atoms with E-state index >= 15 is 0 Å². The summed E-state index contributed by atoms with van der Waals surface area (Å²) in [6, 6.07) is 15.0. The number of nitrogens with two attached hydrogens (primary N) is 1. The molecule has 0 aromatic heterocycles. The Morgan fingerprint density at radius 2 is 1.70 bits per heavy atom. The summed E-state index contributed by atoms with van der Waals surface area (Å²) >= 11 is 6.07. The Morgan fingerprint density at radius 1 is 1.05 bits per heavy atom. The Morgan fingerprint density at radius 3 is 2.40 bits per heavy atom. The number of hydrogen-bond donors (Lipinski definition) is 2. The predicted octanol–water partition coefficient (Wildman–Crippen LogP) is 2.77. The second kappa shape index (κ2) is 7.08. The van der Waals surface area contributed by atoms with E-state index in [1.807, 2.05) is 48.5 Å². The Kier molecular flexibility index (Phi) is 5.16. The molecule has 2 aromatic rings. The minimum Gasteiger partial charge on any atom is -0.348 e. The zero-order valence-electron chi connectivity index (χ0n) is 11.1. The van der Waals surface area contributed by atoms with Gasteiger partial charge in [0.2, 0.25) is 0 Å². The number of halogens is 1. The highest BCUT2D eigenvalue weighted by Gasteiger charge is 2.10. The number of amides is 1. The van der Waals surface area contributed by atoms with Crippen molar-refractivity contribution in [3.63, 3.8) is 0 Å². The highest BCUT2D eigenvalue weighted by atomic mass is 35.5. The van der Waals surface area contributed by atoms with Gasteiger partial charge in [0.15, 0.2) is 0 Å². The van der Waals surface area contributed by atoms with Gasteiger partial charge in [-0.25, -0.2) is 0 Å². The van der Waals surface area contributed by atoms with E-state index in [1.165, 1.54) is 0 Å². The Hall–Kier alpha value is -1.84. The highest BCUT2D eigenvalue weighted by Crippen LogP contribution is 2.15. The molecule has 3 N–H and O–H groups in total. The van der Waals surface area contributed by atoms with E-state index in [2.05, 4.69) is 5.32 Å². The molecule has 0 saturated heterocycles. The minimum absolute atomic E-state index is 0.103. The lowest BCUT2D eigenvalue weighted by Gasteiger charge is -2.10. The van der Waals surface area contributed by atoms with Crippen LogP contribution in [0.2, 0.25) is 5.02 Å². The van der Waals surface area contributed by atoms with E-state index in [0.717, 1.165) is 11.1 Å². The van der Waals surface area contributed by atoms with Crippen LogP contribution in [0.5, 0.6) is 0 Å². The lowest BCUT2D eigenvalue weighted by atomic mass is 10.0. The van der Waals surface area contributed by atoms with Gasteiger partial charge < -0.3 is 11.1 Å². The number of benzene rings is 2. The number of nitrogens with one attached hydrogen (secondary N) is 1. The van der Waals surface area contributed by atoms with Crippen molar-refractivity contribution in [1.82, 2.24) is 5.32 Å². The summed E-state index contributed by atoms with van der Waals surface area (Å²) < 4.78 is 0. The molecule has 104 valence electrons. The van der Waals surface area contributed by atoms with Crippen LogP contribution in [-0.4, -0.2) is 12.5 Å². The van der Waals surface area contributed by atoms with Gasteiger partial charge >= 0.3 is 0 Å². The van der Waals surface area contributed by atoms with Crippen molar-refractivity contribution in [3.8, 4) is 0 Å². The first-order valence-corrected chi connectivity index (χ1v) is 6.89. The van der Waals surface area contributed by atoms with Gasteiger partial charge in [-0.3, -0.25) is 4.79 Å². The van der Waals surface area contributed by atoms with Crippen molar-refractivity contribution < 1.29 is 4.79 Å². The fourth-order valence-electron chi connectivity index (χ4n) is 2.03. The first kappa shape index (κ1) is 14.6. The Bertz CT molecular complexity index is 599. The van der Waals surface area contributed by atoms with Crippen LogP contribution in [0.4, 0.5) is 0 Å². The molecule has 0 bridgehead atoms. The maximum absolute atomic E-state index is 12.2. The van der Waals surface area contributed by atoms with E-state index in [4.69, 9.17) is 17.3 Å². The maximum atomic E-state index is 12.2. The van der Waals surface area contributed by atoms with Gasteiger partial charge in [-0.05, 0) is 36.2 Å². The number of carbonyl (C=O) groups excluding carboxylic acids is 1. The molecule has 0 radical (unpaired) electrons. The molecule has 2 rings (SSSR count). The number of rotatable bonds is 5. The zero-order valence-corrected chi connectivity index (χ0v) is 11.9. The molecular formula is C16H17ClN2O. The van der Waals surface area contributed by atoms with Crippen LogP contribution in [0.25, 0.3) is 0 Å². The summed E-state index contributed by atoms with van der Waals surface area (Å²) in [7, 11) is 0. The molecule has 0 unspecified atom stereocenters. The summed E-state index contributed by atoms with van der Waals surface area (Å²) in [4.78, 5) is 12.2. The summed E-state index contributed by atoms with van der Waals surface area (Å²) in [6.07, 6.45) is 0.690. The maximum Gasteiger partial charge on any atom is 0.251 e. The molecule has 3 nitrogen and oxygen atoms in total. The van der Waals surface area contributed by atoms with Crippen molar-refractivity contribution in [2.45, 2.75) is 13.0 Å². The van der Waals surface area contributed by atoms with E-state index in [-0.39, 0.29) is 5.91 Å². The largest absolute Gasteiger partial charge is 0.348 e. The molecule has 20 heavy (non-hydrogen) atoms. The van der Waals surface area contributed by atoms with Gasteiger partial charge in [0.25, 0.3) is 5.91 Å². The van der Waals surface area contributed by atoms with Gasteiger partial charge in [-0.1, -0.05) is 48.0 Å². The quantitative estimate of drug-likeness (QED) is 0.889. The molecule has 0 aliphatic rings. The Balaban J connectivity index is 2.07. The van der Waals surface area contributed by atoms with Crippen LogP contribution in [0, 0.1) is 0 Å². The third kappa shape index (κ3) is 3.59. The van der Waals surface area contributed by atoms with Crippen molar-refractivity contribution in [3.05, 3.63) is 70.2 Å². The molecule has 1 amide bonds. The van der Waals surface area contributed by atoms with E-state index in [9.17, 15) is 4.79 Å². The molecule has 0 aliphatic carbocycles. The van der Waals surface area contributed by atoms with Gasteiger partial charge in [0.05, 0.1) is 0 Å². The average Bonchev–Trinajstić information content (AvgIpc) is 2.47. The molecule has 0 heterocycles. The van der Waals surface area contributed by atoms with Crippen molar-refractivity contribution in [2.75, 3.05) is 6.54 Å². The van der Waals surface area contributed by atoms with Crippen LogP contribution < -0.4 is 11.1 Å². The van der Waals surface area contributed by atoms with Gasteiger partial charge in [-0.15, -0.1) is 0 Å². The number of carbonyl (C=O) groups is 1. The molecule has 4 heteroatoms. The van der Waals surface area contributed by atoms with Crippen LogP contribution in [0.15, 0.2) is 48.5 Å². The van der Waals surface area contributed by atoms with E-state index in [0.29, 0.717) is 30.1 Å². The van der Waals surface area contributed by atoms with Crippen molar-refractivity contribution in [1.29, 1.82) is 0 Å². The number of hydrogen-bond acceptors (Lipinski definition) is 2. The summed E-state index contributed by atoms with van der Waals surface area (Å²) in [5.41, 5.74) is 8.10. The molecule has 0 fully saturated rings. The molecule has 0 saturated carbocycles. The monoisotopic (exact) mass is 288 g/mol. The van der Waals surface area contributed by atoms with Crippen LogP contribution in [-0.2, 0) is 13.0 Å². The summed E-state index contributed by atoms with van der Waals surface area (Å²) in [6.45, 7) is 0.935. The lowest BCUT2D eigenvalue weighted by molar-refractivity contribution is 0.0950. The molecular weight excluding hydrogens is 272 g/mol. The summed E-state index contributed by atoms with van der Waals surface area (Å²) in [5.74, 6) is -0.103. The predicted molar refractivity (Wildman–Crippen MR) is 81.8 cm³/mol. The fraction of sp³-hybridized carbons (Fsp3) is 0.188. The first-order valence-electron chi connectivity index (χ1n) is 6.52.